The summed E-state index contributed by atoms with van der Waals surface area (Å²) in [4.78, 5) is 27.6. The number of rotatable bonds is 3. The van der Waals surface area contributed by atoms with Crippen LogP contribution in [0, 0.1) is 17.3 Å². The molecule has 3 atom stereocenters. The SMILES string of the molecule is CC(C)C1C(=O)NC(C2CC2)C(=O)N1C1CCCC1(C)C. The van der Waals surface area contributed by atoms with Crippen molar-refractivity contribution in [3.8, 4) is 0 Å². The zero-order valence-electron chi connectivity index (χ0n) is 13.7. The average Bonchev–Trinajstić information content (AvgIpc) is 3.15. The summed E-state index contributed by atoms with van der Waals surface area (Å²) in [6.07, 6.45) is 5.48. The highest BCUT2D eigenvalue weighted by molar-refractivity contribution is 5.97. The van der Waals surface area contributed by atoms with E-state index in [1.165, 1.54) is 0 Å². The van der Waals surface area contributed by atoms with E-state index in [1.54, 1.807) is 0 Å². The molecular weight excluding hydrogens is 264 g/mol. The Morgan fingerprint density at radius 2 is 1.86 bits per heavy atom. The van der Waals surface area contributed by atoms with Crippen molar-refractivity contribution in [2.24, 2.45) is 17.3 Å². The Morgan fingerprint density at radius 1 is 1.19 bits per heavy atom. The molecule has 0 spiro atoms. The van der Waals surface area contributed by atoms with Crippen LogP contribution in [0.25, 0.3) is 0 Å². The molecule has 2 aliphatic carbocycles. The molecule has 118 valence electrons. The van der Waals surface area contributed by atoms with Crippen molar-refractivity contribution >= 4 is 11.8 Å². The van der Waals surface area contributed by atoms with Gasteiger partial charge < -0.3 is 10.2 Å². The second-order valence-electron chi connectivity index (χ2n) is 8.15. The molecule has 4 nitrogen and oxygen atoms in total. The lowest BCUT2D eigenvalue weighted by Gasteiger charge is -2.48. The van der Waals surface area contributed by atoms with Gasteiger partial charge in [-0.15, -0.1) is 0 Å². The third-order valence-corrected chi connectivity index (χ3v) is 5.65. The van der Waals surface area contributed by atoms with Crippen molar-refractivity contribution in [2.75, 3.05) is 0 Å². The monoisotopic (exact) mass is 292 g/mol. The lowest BCUT2D eigenvalue weighted by Crippen LogP contribution is -2.68. The van der Waals surface area contributed by atoms with Gasteiger partial charge in [-0.3, -0.25) is 9.59 Å². The molecule has 0 aromatic carbocycles. The zero-order chi connectivity index (χ0) is 15.4. The number of carbonyl (C=O) groups is 2. The summed E-state index contributed by atoms with van der Waals surface area (Å²) < 4.78 is 0. The number of nitrogens with one attached hydrogen (secondary N) is 1. The minimum Gasteiger partial charge on any atom is -0.342 e. The third kappa shape index (κ3) is 2.47. The standard InChI is InChI=1S/C17H28N2O2/c1-10(2)14-15(20)18-13(11-7-8-11)16(21)19(14)12-6-5-9-17(12,3)4/h10-14H,5-9H2,1-4H3,(H,18,20). The van der Waals surface area contributed by atoms with Gasteiger partial charge in [0.05, 0.1) is 0 Å². The Morgan fingerprint density at radius 3 is 2.33 bits per heavy atom. The van der Waals surface area contributed by atoms with E-state index in [2.05, 4.69) is 19.2 Å². The molecule has 2 amide bonds. The zero-order valence-corrected chi connectivity index (χ0v) is 13.7. The molecule has 0 bridgehead atoms. The van der Waals surface area contributed by atoms with E-state index in [0.717, 1.165) is 32.1 Å². The number of hydrogen-bond donors (Lipinski definition) is 1. The van der Waals surface area contributed by atoms with Crippen LogP contribution in [-0.4, -0.2) is 34.8 Å². The predicted molar refractivity (Wildman–Crippen MR) is 81.5 cm³/mol. The molecule has 1 heterocycles. The molecular formula is C17H28N2O2. The van der Waals surface area contributed by atoms with Crippen LogP contribution in [0.3, 0.4) is 0 Å². The molecule has 1 N–H and O–H groups in total. The van der Waals surface area contributed by atoms with Crippen molar-refractivity contribution in [3.63, 3.8) is 0 Å². The van der Waals surface area contributed by atoms with Crippen LogP contribution in [0.15, 0.2) is 0 Å². The first-order chi connectivity index (χ1) is 9.83. The van der Waals surface area contributed by atoms with E-state index in [4.69, 9.17) is 0 Å². The quantitative estimate of drug-likeness (QED) is 0.868. The Balaban J connectivity index is 1.94. The van der Waals surface area contributed by atoms with Crippen LogP contribution in [0.2, 0.25) is 0 Å². The number of nitrogens with zero attached hydrogens (tertiary/aromatic N) is 1. The van der Waals surface area contributed by atoms with Crippen LogP contribution in [0.4, 0.5) is 0 Å². The summed E-state index contributed by atoms with van der Waals surface area (Å²) in [5, 5.41) is 3.01. The summed E-state index contributed by atoms with van der Waals surface area (Å²) in [6.45, 7) is 8.58. The van der Waals surface area contributed by atoms with Crippen LogP contribution >= 0.6 is 0 Å². The topological polar surface area (TPSA) is 49.4 Å². The molecule has 3 unspecified atom stereocenters. The second kappa shape index (κ2) is 4.99. The van der Waals surface area contributed by atoms with Gasteiger partial charge >= 0.3 is 0 Å². The van der Waals surface area contributed by atoms with E-state index in [9.17, 15) is 9.59 Å². The first kappa shape index (κ1) is 14.9. The fraction of sp³-hybridized carbons (Fsp3) is 0.882. The molecule has 3 fully saturated rings. The molecule has 4 heteroatoms. The molecule has 1 saturated heterocycles. The van der Waals surface area contributed by atoms with Gasteiger partial charge in [-0.05, 0) is 42.9 Å². The number of hydrogen-bond acceptors (Lipinski definition) is 2. The first-order valence-corrected chi connectivity index (χ1v) is 8.45. The van der Waals surface area contributed by atoms with Crippen molar-refractivity contribution in [2.45, 2.75) is 77.9 Å². The number of carbonyl (C=O) groups excluding carboxylic acids is 2. The van der Waals surface area contributed by atoms with Gasteiger partial charge in [-0.2, -0.15) is 0 Å². The van der Waals surface area contributed by atoms with E-state index in [0.29, 0.717) is 5.92 Å². The Bertz CT molecular complexity index is 454. The van der Waals surface area contributed by atoms with Crippen molar-refractivity contribution in [1.29, 1.82) is 0 Å². The largest absolute Gasteiger partial charge is 0.342 e. The lowest BCUT2D eigenvalue weighted by molar-refractivity contribution is -0.157. The summed E-state index contributed by atoms with van der Waals surface area (Å²) in [5.41, 5.74) is 0.120. The third-order valence-electron chi connectivity index (χ3n) is 5.65. The van der Waals surface area contributed by atoms with E-state index in [-0.39, 0.29) is 41.3 Å². The summed E-state index contributed by atoms with van der Waals surface area (Å²) in [6, 6.07) is -0.344. The lowest BCUT2D eigenvalue weighted by atomic mass is 9.83. The van der Waals surface area contributed by atoms with Crippen molar-refractivity contribution < 1.29 is 9.59 Å². The maximum atomic E-state index is 13.1. The fourth-order valence-electron chi connectivity index (χ4n) is 4.27. The molecule has 21 heavy (non-hydrogen) atoms. The molecule has 3 aliphatic rings. The summed E-state index contributed by atoms with van der Waals surface area (Å²) in [7, 11) is 0. The summed E-state index contributed by atoms with van der Waals surface area (Å²) in [5.74, 6) is 0.770. The number of amides is 2. The van der Waals surface area contributed by atoms with Crippen LogP contribution in [-0.2, 0) is 9.59 Å². The van der Waals surface area contributed by atoms with E-state index in [1.807, 2.05) is 18.7 Å². The van der Waals surface area contributed by atoms with Crippen molar-refractivity contribution in [1.82, 2.24) is 10.2 Å². The van der Waals surface area contributed by atoms with Crippen LogP contribution in [0.1, 0.15) is 59.8 Å². The smallest absolute Gasteiger partial charge is 0.246 e. The van der Waals surface area contributed by atoms with Gasteiger partial charge in [-0.25, -0.2) is 0 Å². The molecule has 0 radical (unpaired) electrons. The van der Waals surface area contributed by atoms with Gasteiger partial charge in [-0.1, -0.05) is 34.1 Å². The Labute approximate surface area is 127 Å². The minimum atomic E-state index is -0.296. The van der Waals surface area contributed by atoms with Gasteiger partial charge in [0.15, 0.2) is 0 Å². The molecule has 0 aromatic heterocycles. The van der Waals surface area contributed by atoms with Crippen LogP contribution in [0.5, 0.6) is 0 Å². The Hall–Kier alpha value is -1.06. The first-order valence-electron chi connectivity index (χ1n) is 8.45. The predicted octanol–water partition coefficient (Wildman–Crippen LogP) is 2.33. The minimum absolute atomic E-state index is 0.0594. The van der Waals surface area contributed by atoms with Gasteiger partial charge in [0.1, 0.15) is 12.1 Å². The maximum absolute atomic E-state index is 13.1. The maximum Gasteiger partial charge on any atom is 0.246 e. The van der Waals surface area contributed by atoms with Crippen LogP contribution < -0.4 is 5.32 Å². The van der Waals surface area contributed by atoms with E-state index < -0.39 is 0 Å². The molecule has 2 saturated carbocycles. The highest BCUT2D eigenvalue weighted by Crippen LogP contribution is 2.44. The van der Waals surface area contributed by atoms with Gasteiger partial charge in [0.2, 0.25) is 11.8 Å². The normalized spacial score (nSPS) is 36.2. The van der Waals surface area contributed by atoms with E-state index >= 15 is 0 Å². The molecule has 3 rings (SSSR count). The molecule has 1 aliphatic heterocycles. The fourth-order valence-corrected chi connectivity index (χ4v) is 4.27. The Kier molecular flexibility index (Phi) is 3.53. The average molecular weight is 292 g/mol. The highest BCUT2D eigenvalue weighted by Gasteiger charge is 2.53. The van der Waals surface area contributed by atoms with Gasteiger partial charge in [0.25, 0.3) is 0 Å². The highest BCUT2D eigenvalue weighted by atomic mass is 16.2. The second-order valence-corrected chi connectivity index (χ2v) is 8.15. The van der Waals surface area contributed by atoms with Crippen molar-refractivity contribution in [3.05, 3.63) is 0 Å². The number of piperazine rings is 1. The molecule has 0 aromatic rings. The van der Waals surface area contributed by atoms with Gasteiger partial charge in [0, 0.05) is 6.04 Å². The summed E-state index contributed by atoms with van der Waals surface area (Å²) >= 11 is 0.